The van der Waals surface area contributed by atoms with Crippen molar-refractivity contribution >= 4 is 39.8 Å². The van der Waals surface area contributed by atoms with Gasteiger partial charge in [0.05, 0.1) is 11.5 Å². The molecule has 3 atom stereocenters. The van der Waals surface area contributed by atoms with Gasteiger partial charge in [0, 0.05) is 18.6 Å². The van der Waals surface area contributed by atoms with Gasteiger partial charge < -0.3 is 10.6 Å². The van der Waals surface area contributed by atoms with Crippen molar-refractivity contribution < 1.29 is 8.42 Å². The molecule has 25 heavy (non-hydrogen) atoms. The first-order chi connectivity index (χ1) is 11.4. The lowest BCUT2D eigenvalue weighted by molar-refractivity contribution is 0.244. The third kappa shape index (κ3) is 6.88. The van der Waals surface area contributed by atoms with E-state index in [9.17, 15) is 8.42 Å². The number of hydrogen-bond donors (Lipinski definition) is 2. The van der Waals surface area contributed by atoms with Crippen LogP contribution in [0.5, 0.6) is 0 Å². The molecule has 2 aliphatic carbocycles. The predicted molar refractivity (Wildman–Crippen MR) is 114 cm³/mol. The van der Waals surface area contributed by atoms with E-state index < -0.39 is 9.84 Å². The highest BCUT2D eigenvalue weighted by Gasteiger charge is 2.29. The Balaban J connectivity index is 0.00000225. The molecule has 0 aromatic carbocycles. The van der Waals surface area contributed by atoms with Gasteiger partial charge in [-0.05, 0) is 49.9 Å². The van der Waals surface area contributed by atoms with E-state index in [0.29, 0.717) is 30.1 Å². The van der Waals surface area contributed by atoms with Crippen molar-refractivity contribution in [2.45, 2.75) is 70.9 Å². The van der Waals surface area contributed by atoms with Crippen molar-refractivity contribution in [1.82, 2.24) is 10.6 Å². The summed E-state index contributed by atoms with van der Waals surface area (Å²) in [7, 11) is -2.81. The van der Waals surface area contributed by atoms with Crippen LogP contribution >= 0.6 is 24.0 Å². The summed E-state index contributed by atoms with van der Waals surface area (Å²) in [6.45, 7) is 5.28. The molecule has 7 heteroatoms. The molecule has 0 amide bonds. The third-order valence-electron chi connectivity index (χ3n) is 5.75. The zero-order valence-electron chi connectivity index (χ0n) is 15.5. The van der Waals surface area contributed by atoms with E-state index >= 15 is 0 Å². The Kier molecular flexibility index (Phi) is 7.85. The van der Waals surface area contributed by atoms with Crippen LogP contribution in [-0.4, -0.2) is 44.5 Å². The van der Waals surface area contributed by atoms with Crippen molar-refractivity contribution in [2.24, 2.45) is 22.7 Å². The van der Waals surface area contributed by atoms with Crippen LogP contribution < -0.4 is 10.6 Å². The molecule has 0 aromatic heterocycles. The minimum Gasteiger partial charge on any atom is -0.354 e. The van der Waals surface area contributed by atoms with Crippen LogP contribution in [0.25, 0.3) is 0 Å². The summed E-state index contributed by atoms with van der Waals surface area (Å²) in [6.07, 6.45) is 8.28. The molecule has 0 bridgehead atoms. The van der Waals surface area contributed by atoms with Gasteiger partial charge in [0.15, 0.2) is 15.8 Å². The van der Waals surface area contributed by atoms with Crippen molar-refractivity contribution in [3.8, 4) is 0 Å². The molecule has 0 spiro atoms. The minimum absolute atomic E-state index is 0. The summed E-state index contributed by atoms with van der Waals surface area (Å²) in [5.74, 6) is 3.31. The molecule has 1 aliphatic heterocycles. The Hall–Kier alpha value is -0.0500. The molecule has 1 heterocycles. The number of halogens is 1. The summed E-state index contributed by atoms with van der Waals surface area (Å²) >= 11 is 0. The molecule has 3 rings (SSSR count). The lowest BCUT2D eigenvalue weighted by Crippen LogP contribution is -2.46. The number of aliphatic imine (C=N–C) groups is 1. The number of hydrogen-bond acceptors (Lipinski definition) is 3. The number of nitrogens with zero attached hydrogens (tertiary/aromatic N) is 1. The van der Waals surface area contributed by atoms with Gasteiger partial charge in [0.1, 0.15) is 0 Å². The number of rotatable bonds is 5. The maximum Gasteiger partial charge on any atom is 0.191 e. The maximum atomic E-state index is 11.6. The maximum absolute atomic E-state index is 11.6. The highest BCUT2D eigenvalue weighted by Crippen LogP contribution is 2.30. The fraction of sp³-hybridized carbons (Fsp3) is 0.944. The van der Waals surface area contributed by atoms with Crippen molar-refractivity contribution in [3.05, 3.63) is 0 Å². The third-order valence-corrected chi connectivity index (χ3v) is 7.59. The van der Waals surface area contributed by atoms with Gasteiger partial charge in [-0.25, -0.2) is 8.42 Å². The van der Waals surface area contributed by atoms with Gasteiger partial charge in [-0.1, -0.05) is 26.7 Å². The summed E-state index contributed by atoms with van der Waals surface area (Å²) < 4.78 is 23.2. The molecule has 0 radical (unpaired) electrons. The number of sulfone groups is 1. The van der Waals surface area contributed by atoms with E-state index in [1.54, 1.807) is 0 Å². The van der Waals surface area contributed by atoms with E-state index in [1.807, 2.05) is 0 Å². The van der Waals surface area contributed by atoms with Crippen LogP contribution in [0.1, 0.15) is 58.8 Å². The fourth-order valence-corrected chi connectivity index (χ4v) is 5.80. The molecule has 3 aliphatic rings. The topological polar surface area (TPSA) is 70.6 Å². The van der Waals surface area contributed by atoms with E-state index in [0.717, 1.165) is 24.2 Å². The molecule has 0 aromatic rings. The van der Waals surface area contributed by atoms with E-state index in [2.05, 4.69) is 24.5 Å². The summed E-state index contributed by atoms with van der Waals surface area (Å²) in [4.78, 5) is 4.75. The van der Waals surface area contributed by atoms with Gasteiger partial charge in [0.2, 0.25) is 0 Å². The average Bonchev–Trinajstić information content (AvgIpc) is 3.27. The Morgan fingerprint density at radius 2 is 1.80 bits per heavy atom. The van der Waals surface area contributed by atoms with E-state index in [1.165, 1.54) is 38.5 Å². The smallest absolute Gasteiger partial charge is 0.191 e. The molecule has 146 valence electrons. The van der Waals surface area contributed by atoms with E-state index in [4.69, 9.17) is 4.99 Å². The summed E-state index contributed by atoms with van der Waals surface area (Å²) in [5, 5.41) is 7.16. The summed E-state index contributed by atoms with van der Waals surface area (Å²) in [6, 6.07) is 1.07. The first-order valence-electron chi connectivity index (χ1n) is 9.69. The lowest BCUT2D eigenvalue weighted by Gasteiger charge is -2.33. The van der Waals surface area contributed by atoms with Crippen molar-refractivity contribution in [2.75, 3.05) is 18.1 Å². The van der Waals surface area contributed by atoms with Crippen LogP contribution in [0.2, 0.25) is 0 Å². The first kappa shape index (κ1) is 21.3. The standard InChI is InChI=1S/C18H33N3O2S.HI/c1-13(2)15-4-3-5-17(10-15)21-18(20-16-6-7-16)19-11-14-8-9-24(22,23)12-14;/h13-17H,3-12H2,1-2H3,(H2,19,20,21);1H. The molecule has 3 unspecified atom stereocenters. The van der Waals surface area contributed by atoms with Gasteiger partial charge in [-0.15, -0.1) is 24.0 Å². The van der Waals surface area contributed by atoms with Crippen LogP contribution in [0, 0.1) is 17.8 Å². The molecule has 5 nitrogen and oxygen atoms in total. The molecule has 2 N–H and O–H groups in total. The highest BCUT2D eigenvalue weighted by molar-refractivity contribution is 14.0. The quantitative estimate of drug-likeness (QED) is 0.359. The second kappa shape index (κ2) is 9.24. The second-order valence-corrected chi connectivity index (χ2v) is 10.6. The van der Waals surface area contributed by atoms with Gasteiger partial charge in [-0.3, -0.25) is 4.99 Å². The monoisotopic (exact) mass is 483 g/mol. The van der Waals surface area contributed by atoms with Gasteiger partial charge in [0.25, 0.3) is 0 Å². The predicted octanol–water partition coefficient (Wildman–Crippen LogP) is 2.95. The Morgan fingerprint density at radius 1 is 1.08 bits per heavy atom. The minimum atomic E-state index is -2.81. The molecule has 1 saturated heterocycles. The average molecular weight is 483 g/mol. The molecule has 3 fully saturated rings. The number of guanidine groups is 1. The summed E-state index contributed by atoms with van der Waals surface area (Å²) in [5.41, 5.74) is 0. The Bertz CT molecular complexity index is 561. The zero-order chi connectivity index (χ0) is 17.2. The Labute approximate surface area is 170 Å². The zero-order valence-corrected chi connectivity index (χ0v) is 18.7. The normalized spacial score (nSPS) is 32.3. The molecule has 2 saturated carbocycles. The van der Waals surface area contributed by atoms with Crippen molar-refractivity contribution in [1.29, 1.82) is 0 Å². The van der Waals surface area contributed by atoms with Crippen LogP contribution in [0.3, 0.4) is 0 Å². The van der Waals surface area contributed by atoms with E-state index in [-0.39, 0.29) is 29.9 Å². The molecular formula is C18H34IN3O2S. The Morgan fingerprint density at radius 3 is 2.40 bits per heavy atom. The SMILES string of the molecule is CC(C)C1CCCC(NC(=NCC2CCS(=O)(=O)C2)NC2CC2)C1.I. The fourth-order valence-electron chi connectivity index (χ4n) is 3.95. The molecular weight excluding hydrogens is 449 g/mol. The lowest BCUT2D eigenvalue weighted by atomic mass is 9.79. The second-order valence-electron chi connectivity index (χ2n) is 8.39. The van der Waals surface area contributed by atoms with Crippen molar-refractivity contribution in [3.63, 3.8) is 0 Å². The first-order valence-corrected chi connectivity index (χ1v) is 11.5. The van der Waals surface area contributed by atoms with Gasteiger partial charge >= 0.3 is 0 Å². The van der Waals surface area contributed by atoms with Crippen LogP contribution in [0.4, 0.5) is 0 Å². The van der Waals surface area contributed by atoms with Crippen LogP contribution in [0.15, 0.2) is 4.99 Å². The number of nitrogens with one attached hydrogen (secondary N) is 2. The largest absolute Gasteiger partial charge is 0.354 e. The highest BCUT2D eigenvalue weighted by atomic mass is 127. The van der Waals surface area contributed by atoms with Gasteiger partial charge in [-0.2, -0.15) is 0 Å². The van der Waals surface area contributed by atoms with Crippen LogP contribution in [-0.2, 0) is 9.84 Å².